The Labute approximate surface area is 137 Å². The van der Waals surface area contributed by atoms with Crippen LogP contribution in [0.2, 0.25) is 0 Å². The second-order valence-electron chi connectivity index (χ2n) is 3.31. The minimum atomic E-state index is 0. The van der Waals surface area contributed by atoms with Gasteiger partial charge in [-0.3, -0.25) is 0 Å². The molecule has 108 valence electrons. The Morgan fingerprint density at radius 3 is 0.789 bits per heavy atom. The van der Waals surface area contributed by atoms with Gasteiger partial charge in [-0.2, -0.15) is 0 Å². The molecule has 1 fully saturated rings. The molecule has 0 amide bonds. The summed E-state index contributed by atoms with van der Waals surface area (Å²) in [6.07, 6.45) is 13.8. The summed E-state index contributed by atoms with van der Waals surface area (Å²) >= 11 is 0. The molecule has 0 aromatic carbocycles. The Balaban J connectivity index is -0.000000142. The molecule has 0 aromatic rings. The molecule has 0 atom stereocenters. The van der Waals surface area contributed by atoms with E-state index in [-0.39, 0.29) is 21.1 Å². The van der Waals surface area contributed by atoms with Crippen LogP contribution in [0.15, 0.2) is 0 Å². The van der Waals surface area contributed by atoms with Gasteiger partial charge in [0.25, 0.3) is 0 Å². The summed E-state index contributed by atoms with van der Waals surface area (Å²) in [7, 11) is 3.86. The van der Waals surface area contributed by atoms with E-state index in [1.54, 1.807) is 0 Å². The molecule has 3 nitrogen and oxygen atoms in total. The third-order valence-electron chi connectivity index (χ3n) is 2.12. The van der Waals surface area contributed by atoms with Gasteiger partial charge in [0.15, 0.2) is 0 Å². The van der Waals surface area contributed by atoms with E-state index < -0.39 is 0 Å². The first kappa shape index (κ1) is 28.4. The first-order chi connectivity index (χ1) is 9.00. The molecule has 1 aliphatic rings. The maximum absolute atomic E-state index is 7.50. The van der Waals surface area contributed by atoms with E-state index in [1.165, 1.54) is 82.0 Å². The third kappa shape index (κ3) is 32.6. The number of rotatable bonds is 0. The van der Waals surface area contributed by atoms with Crippen LogP contribution in [0.4, 0.5) is 0 Å². The van der Waals surface area contributed by atoms with Crippen LogP contribution in [0.3, 0.4) is 0 Å². The molecule has 0 spiro atoms. The predicted octanol–water partition coefficient (Wildman–Crippen LogP) is 3.09. The Hall–Kier alpha value is 1.20. The molecule has 1 heterocycles. The quantitative estimate of drug-likeness (QED) is 0.259. The molecule has 0 aromatic heterocycles. The van der Waals surface area contributed by atoms with E-state index in [0.717, 1.165) is 0 Å². The van der Waals surface area contributed by atoms with Gasteiger partial charge in [0.1, 0.15) is 0 Å². The second-order valence-corrected chi connectivity index (χ2v) is 7.81. The fourth-order valence-corrected chi connectivity index (χ4v) is 5.76. The van der Waals surface area contributed by atoms with E-state index in [1.807, 2.05) is 0 Å². The first-order valence-corrected chi connectivity index (χ1v) is 9.98. The zero-order valence-electron chi connectivity index (χ0n) is 11.0. The average molecular weight is 402 g/mol. The van der Waals surface area contributed by atoms with Crippen molar-refractivity contribution in [3.63, 3.8) is 0 Å². The van der Waals surface area contributed by atoms with E-state index >= 15 is 0 Å². The van der Waals surface area contributed by atoms with Gasteiger partial charge in [0.05, 0.1) is 0 Å². The largest absolute Gasteiger partial charge is 0 e. The number of hydrogen-bond acceptors (Lipinski definition) is 0. The summed E-state index contributed by atoms with van der Waals surface area (Å²) in [5.74, 6) is 0. The van der Waals surface area contributed by atoms with Crippen molar-refractivity contribution in [3.05, 3.63) is 20.0 Å². The SMILES string of the molecule is C1CPCCCPCCCPC1.[C-]#[O+].[C-]#[O+].[C-]#[O+].[Mo]. The van der Waals surface area contributed by atoms with Gasteiger partial charge >= 0.3 is 33.9 Å². The van der Waals surface area contributed by atoms with Crippen molar-refractivity contribution < 1.29 is 35.0 Å². The van der Waals surface area contributed by atoms with Crippen LogP contribution >= 0.6 is 25.7 Å². The van der Waals surface area contributed by atoms with Crippen LogP contribution in [-0.2, 0) is 35.0 Å². The second kappa shape index (κ2) is 36.5. The number of hydrogen-bond donors (Lipinski definition) is 0. The molecule has 0 radical (unpaired) electrons. The average Bonchev–Trinajstić information content (AvgIpc) is 2.46. The molecule has 0 aliphatic carbocycles. The molecule has 1 aliphatic heterocycles. The van der Waals surface area contributed by atoms with E-state index in [9.17, 15) is 0 Å². The van der Waals surface area contributed by atoms with Gasteiger partial charge in [-0.25, -0.2) is 0 Å². The molecule has 0 bridgehead atoms. The predicted molar refractivity (Wildman–Crippen MR) is 79.8 cm³/mol. The Morgan fingerprint density at radius 2 is 0.632 bits per heavy atom. The smallest absolute Gasteiger partial charge is 0 e. The van der Waals surface area contributed by atoms with Gasteiger partial charge < -0.3 is 0 Å². The third-order valence-corrected chi connectivity index (χ3v) is 6.36. The zero-order chi connectivity index (χ0) is 14.5. The van der Waals surface area contributed by atoms with Crippen molar-refractivity contribution in [1.29, 1.82) is 0 Å². The molecule has 7 heteroatoms. The summed E-state index contributed by atoms with van der Waals surface area (Å²) in [6, 6.07) is 0. The van der Waals surface area contributed by atoms with E-state index in [2.05, 4.69) is 20.0 Å². The molecule has 0 unspecified atom stereocenters. The molecule has 0 saturated carbocycles. The molecular formula is C12H21MoO3P3. The summed E-state index contributed by atoms with van der Waals surface area (Å²) in [5, 5.41) is 0. The standard InChI is InChI=1S/C9H21P3.3CO.Mo/c1-4-10-6-2-8-12-9-3-7-11-5-1;3*1-2;/h10-12H,1-9H2;;;;. The van der Waals surface area contributed by atoms with Crippen molar-refractivity contribution >= 4 is 25.7 Å². The van der Waals surface area contributed by atoms with Crippen molar-refractivity contribution in [1.82, 2.24) is 0 Å². The molecule has 0 N–H and O–H groups in total. The van der Waals surface area contributed by atoms with Crippen LogP contribution in [0.5, 0.6) is 0 Å². The van der Waals surface area contributed by atoms with Crippen molar-refractivity contribution in [2.45, 2.75) is 19.3 Å². The molecule has 1 rings (SSSR count). The first-order valence-electron chi connectivity index (χ1n) is 5.73. The fraction of sp³-hybridized carbons (Fsp3) is 0.750. The molecular weight excluding hydrogens is 381 g/mol. The maximum atomic E-state index is 7.50. The van der Waals surface area contributed by atoms with Crippen LogP contribution in [-0.4, -0.2) is 37.0 Å². The van der Waals surface area contributed by atoms with E-state index in [4.69, 9.17) is 14.0 Å². The van der Waals surface area contributed by atoms with Crippen LogP contribution in [0, 0.1) is 20.0 Å². The fourth-order valence-electron chi connectivity index (χ4n) is 1.39. The monoisotopic (exact) mass is 404 g/mol. The topological polar surface area (TPSA) is 59.7 Å². The minimum absolute atomic E-state index is 0. The molecule has 19 heavy (non-hydrogen) atoms. The summed E-state index contributed by atoms with van der Waals surface area (Å²) in [4.78, 5) is 0. The van der Waals surface area contributed by atoms with Crippen molar-refractivity contribution in [2.24, 2.45) is 0 Å². The van der Waals surface area contributed by atoms with Crippen LogP contribution in [0.25, 0.3) is 0 Å². The van der Waals surface area contributed by atoms with E-state index in [0.29, 0.717) is 0 Å². The Bertz CT molecular complexity index is 141. The minimum Gasteiger partial charge on any atom is 0 e. The van der Waals surface area contributed by atoms with Gasteiger partial charge in [0, 0.05) is 21.1 Å². The summed E-state index contributed by atoms with van der Waals surface area (Å²) in [5.41, 5.74) is 0. The van der Waals surface area contributed by atoms with Gasteiger partial charge in [0.2, 0.25) is 0 Å². The van der Waals surface area contributed by atoms with Crippen molar-refractivity contribution in [3.8, 4) is 0 Å². The zero-order valence-corrected chi connectivity index (χ0v) is 16.0. The molecule has 1 saturated heterocycles. The van der Waals surface area contributed by atoms with Gasteiger partial charge in [-0.15, -0.1) is 25.7 Å². The maximum Gasteiger partial charge on any atom is 0 e. The van der Waals surface area contributed by atoms with Crippen LogP contribution in [0.1, 0.15) is 19.3 Å². The summed E-state index contributed by atoms with van der Waals surface area (Å²) in [6.45, 7) is 13.5. The normalized spacial score (nSPS) is 19.3. The van der Waals surface area contributed by atoms with Crippen molar-refractivity contribution in [2.75, 3.05) is 37.0 Å². The van der Waals surface area contributed by atoms with Crippen LogP contribution < -0.4 is 0 Å². The Kier molecular flexibility index (Phi) is 54.5. The van der Waals surface area contributed by atoms with Gasteiger partial charge in [-0.1, -0.05) is 0 Å². The Morgan fingerprint density at radius 1 is 0.474 bits per heavy atom. The van der Waals surface area contributed by atoms with Gasteiger partial charge in [-0.05, 0) is 56.2 Å². The summed E-state index contributed by atoms with van der Waals surface area (Å²) < 4.78 is 22.5.